The predicted molar refractivity (Wildman–Crippen MR) is 82.7 cm³/mol. The van der Waals surface area contributed by atoms with Gasteiger partial charge in [0.05, 0.1) is 0 Å². The second-order valence-electron chi connectivity index (χ2n) is 4.29. The largest absolute Gasteiger partial charge is 0.359 e. The Morgan fingerprint density at radius 2 is 2.22 bits per heavy atom. The zero-order valence-corrected chi connectivity index (χ0v) is 11.2. The van der Waals surface area contributed by atoms with Gasteiger partial charge in [0.1, 0.15) is 0 Å². The van der Waals surface area contributed by atoms with Gasteiger partial charge in [-0.15, -0.1) is 6.58 Å². The molecule has 0 radical (unpaired) electrons. The summed E-state index contributed by atoms with van der Waals surface area (Å²) in [6.07, 6.45) is 7.71. The first-order chi connectivity index (χ1) is 8.81. The number of allylic oxidation sites excluding steroid dienone is 2. The molecule has 2 nitrogen and oxygen atoms in total. The smallest absolute Gasteiger partial charge is 0.171 e. The molecule has 0 fully saturated rings. The van der Waals surface area contributed by atoms with Crippen LogP contribution in [0.25, 0.3) is 5.57 Å². The van der Waals surface area contributed by atoms with E-state index in [2.05, 4.69) is 41.5 Å². The summed E-state index contributed by atoms with van der Waals surface area (Å²) in [4.78, 5) is 0. The van der Waals surface area contributed by atoms with Crippen LogP contribution in [0.4, 0.5) is 5.69 Å². The summed E-state index contributed by atoms with van der Waals surface area (Å²) >= 11 is 5.25. The van der Waals surface area contributed by atoms with Gasteiger partial charge >= 0.3 is 0 Å². The summed E-state index contributed by atoms with van der Waals surface area (Å²) < 4.78 is 0. The van der Waals surface area contributed by atoms with Crippen molar-refractivity contribution in [2.75, 3.05) is 11.9 Å². The summed E-state index contributed by atoms with van der Waals surface area (Å²) in [7, 11) is 0. The van der Waals surface area contributed by atoms with E-state index in [1.165, 1.54) is 24.0 Å². The molecule has 1 aromatic carbocycles. The monoisotopic (exact) mass is 258 g/mol. The Morgan fingerprint density at radius 3 is 2.94 bits per heavy atom. The van der Waals surface area contributed by atoms with Crippen LogP contribution >= 0.6 is 12.2 Å². The maximum absolute atomic E-state index is 5.25. The van der Waals surface area contributed by atoms with Crippen LogP contribution in [-0.2, 0) is 0 Å². The summed E-state index contributed by atoms with van der Waals surface area (Å²) in [5.74, 6) is 0. The topological polar surface area (TPSA) is 24.1 Å². The van der Waals surface area contributed by atoms with E-state index in [1.54, 1.807) is 6.08 Å². The molecule has 2 N–H and O–H groups in total. The third-order valence-electron chi connectivity index (χ3n) is 2.97. The molecule has 1 aromatic rings. The number of anilines is 1. The van der Waals surface area contributed by atoms with E-state index in [0.29, 0.717) is 11.7 Å². The average molecular weight is 258 g/mol. The second kappa shape index (κ2) is 6.36. The quantitative estimate of drug-likeness (QED) is 0.635. The van der Waals surface area contributed by atoms with Crippen molar-refractivity contribution in [2.45, 2.75) is 19.3 Å². The van der Waals surface area contributed by atoms with Gasteiger partial charge in [-0.2, -0.15) is 0 Å². The number of para-hydroxylation sites is 1. The van der Waals surface area contributed by atoms with E-state index in [0.717, 1.165) is 12.1 Å². The van der Waals surface area contributed by atoms with E-state index >= 15 is 0 Å². The Bertz CT molecular complexity index is 477. The molecule has 1 aliphatic rings. The Balaban J connectivity index is 2.12. The summed E-state index contributed by atoms with van der Waals surface area (Å²) in [6, 6.07) is 8.31. The lowest BCUT2D eigenvalue weighted by molar-refractivity contribution is 0.935. The molecule has 0 spiro atoms. The van der Waals surface area contributed by atoms with Gasteiger partial charge in [0.15, 0.2) is 5.11 Å². The van der Waals surface area contributed by atoms with Crippen LogP contribution < -0.4 is 10.6 Å². The fourth-order valence-corrected chi connectivity index (χ4v) is 2.31. The van der Waals surface area contributed by atoms with Crippen molar-refractivity contribution < 1.29 is 0 Å². The second-order valence-corrected chi connectivity index (χ2v) is 4.70. The first-order valence-corrected chi connectivity index (χ1v) is 6.66. The molecule has 0 bridgehead atoms. The lowest BCUT2D eigenvalue weighted by Crippen LogP contribution is -2.28. The first-order valence-electron chi connectivity index (χ1n) is 6.25. The molecule has 1 aliphatic carbocycles. The fourth-order valence-electron chi connectivity index (χ4n) is 2.12. The van der Waals surface area contributed by atoms with Gasteiger partial charge in [0.25, 0.3) is 0 Å². The van der Waals surface area contributed by atoms with Crippen molar-refractivity contribution >= 4 is 28.6 Å². The molecule has 0 aliphatic heterocycles. The summed E-state index contributed by atoms with van der Waals surface area (Å²) in [6.45, 7) is 4.34. The van der Waals surface area contributed by atoms with E-state index in [1.807, 2.05) is 6.07 Å². The van der Waals surface area contributed by atoms with Crippen LogP contribution in [0.5, 0.6) is 0 Å². The van der Waals surface area contributed by atoms with Crippen LogP contribution in [0.15, 0.2) is 43.0 Å². The molecule has 2 rings (SSSR count). The van der Waals surface area contributed by atoms with Crippen LogP contribution in [0.2, 0.25) is 0 Å². The van der Waals surface area contributed by atoms with Crippen LogP contribution in [0.3, 0.4) is 0 Å². The SMILES string of the molecule is C=CCNC(=S)Nc1ccccc1C1=CCCC1. The molecule has 18 heavy (non-hydrogen) atoms. The molecule has 0 amide bonds. The van der Waals surface area contributed by atoms with Gasteiger partial charge in [0, 0.05) is 17.8 Å². The highest BCUT2D eigenvalue weighted by atomic mass is 32.1. The van der Waals surface area contributed by atoms with Crippen molar-refractivity contribution in [2.24, 2.45) is 0 Å². The number of thiocarbonyl (C=S) groups is 1. The number of nitrogens with one attached hydrogen (secondary N) is 2. The molecule has 0 atom stereocenters. The number of hydrogen-bond acceptors (Lipinski definition) is 1. The Morgan fingerprint density at radius 1 is 1.39 bits per heavy atom. The van der Waals surface area contributed by atoms with E-state index in [9.17, 15) is 0 Å². The predicted octanol–water partition coefficient (Wildman–Crippen LogP) is 3.73. The number of rotatable bonds is 4. The fraction of sp³-hybridized carbons (Fsp3) is 0.267. The van der Waals surface area contributed by atoms with Gasteiger partial charge in [-0.3, -0.25) is 0 Å². The zero-order chi connectivity index (χ0) is 12.8. The van der Waals surface area contributed by atoms with Crippen LogP contribution in [0.1, 0.15) is 24.8 Å². The minimum absolute atomic E-state index is 0.640. The lowest BCUT2D eigenvalue weighted by Gasteiger charge is -2.14. The van der Waals surface area contributed by atoms with Gasteiger partial charge < -0.3 is 10.6 Å². The lowest BCUT2D eigenvalue weighted by atomic mass is 10.0. The van der Waals surface area contributed by atoms with Crippen molar-refractivity contribution in [1.29, 1.82) is 0 Å². The van der Waals surface area contributed by atoms with Crippen molar-refractivity contribution in [3.8, 4) is 0 Å². The van der Waals surface area contributed by atoms with E-state index in [4.69, 9.17) is 12.2 Å². The third kappa shape index (κ3) is 3.20. The van der Waals surface area contributed by atoms with Crippen molar-refractivity contribution in [3.63, 3.8) is 0 Å². The molecule has 0 saturated carbocycles. The Hall–Kier alpha value is -1.61. The molecule has 0 heterocycles. The summed E-state index contributed by atoms with van der Waals surface area (Å²) in [5, 5.41) is 6.98. The van der Waals surface area contributed by atoms with Gasteiger partial charge in [-0.1, -0.05) is 30.4 Å². The minimum atomic E-state index is 0.640. The molecule has 0 saturated heterocycles. The maximum Gasteiger partial charge on any atom is 0.171 e. The van der Waals surface area contributed by atoms with Gasteiger partial charge in [-0.25, -0.2) is 0 Å². The maximum atomic E-state index is 5.25. The molecular formula is C15H18N2S. The van der Waals surface area contributed by atoms with E-state index < -0.39 is 0 Å². The molecule has 0 aromatic heterocycles. The highest BCUT2D eigenvalue weighted by molar-refractivity contribution is 7.80. The Kier molecular flexibility index (Phi) is 4.53. The summed E-state index contributed by atoms with van der Waals surface area (Å²) in [5.41, 5.74) is 3.76. The Labute approximate surface area is 114 Å². The normalized spacial score (nSPS) is 13.9. The van der Waals surface area contributed by atoms with Gasteiger partial charge in [0.2, 0.25) is 0 Å². The number of hydrogen-bond donors (Lipinski definition) is 2. The highest BCUT2D eigenvalue weighted by Gasteiger charge is 2.11. The standard InChI is InChI=1S/C15H18N2S/c1-2-11-16-15(18)17-14-10-6-5-9-13(14)12-7-3-4-8-12/h2,5-7,9-10H,1,3-4,8,11H2,(H2,16,17,18). The third-order valence-corrected chi connectivity index (χ3v) is 3.22. The highest BCUT2D eigenvalue weighted by Crippen LogP contribution is 2.32. The van der Waals surface area contributed by atoms with E-state index in [-0.39, 0.29) is 0 Å². The molecule has 0 unspecified atom stereocenters. The first kappa shape index (κ1) is 12.8. The molecule has 3 heteroatoms. The van der Waals surface area contributed by atoms with Crippen molar-refractivity contribution in [1.82, 2.24) is 5.32 Å². The average Bonchev–Trinajstić information content (AvgIpc) is 2.91. The molecular weight excluding hydrogens is 240 g/mol. The van der Waals surface area contributed by atoms with Crippen LogP contribution in [0, 0.1) is 0 Å². The van der Waals surface area contributed by atoms with Gasteiger partial charge in [-0.05, 0) is 43.1 Å². The van der Waals surface area contributed by atoms with Crippen LogP contribution in [-0.4, -0.2) is 11.7 Å². The molecule has 94 valence electrons. The zero-order valence-electron chi connectivity index (χ0n) is 10.4. The number of benzene rings is 1. The minimum Gasteiger partial charge on any atom is -0.359 e. The van der Waals surface area contributed by atoms with Crippen molar-refractivity contribution in [3.05, 3.63) is 48.6 Å².